The molecule has 0 radical (unpaired) electrons. The summed E-state index contributed by atoms with van der Waals surface area (Å²) >= 11 is 0. The maximum absolute atomic E-state index is 6.23. The molecule has 1 aromatic rings. The third kappa shape index (κ3) is 2.92. The Morgan fingerprint density at radius 1 is 1.19 bits per heavy atom. The van der Waals surface area contributed by atoms with E-state index in [1.54, 1.807) is 12.7 Å². The zero-order chi connectivity index (χ0) is 18.5. The molecule has 26 heavy (non-hydrogen) atoms. The maximum atomic E-state index is 6.23. The van der Waals surface area contributed by atoms with Gasteiger partial charge >= 0.3 is 0 Å². The predicted molar refractivity (Wildman–Crippen MR) is 109 cm³/mol. The summed E-state index contributed by atoms with van der Waals surface area (Å²) in [5.41, 5.74) is 4.36. The molecule has 0 bridgehead atoms. The van der Waals surface area contributed by atoms with Gasteiger partial charge in [0.1, 0.15) is 12.9 Å². The Labute approximate surface area is 158 Å². The van der Waals surface area contributed by atoms with Crippen molar-refractivity contribution in [2.24, 2.45) is 22.4 Å². The van der Waals surface area contributed by atoms with Gasteiger partial charge in [0.25, 0.3) is 0 Å². The van der Waals surface area contributed by atoms with Crippen molar-refractivity contribution in [1.82, 2.24) is 0 Å². The molecule has 0 unspecified atom stereocenters. The van der Waals surface area contributed by atoms with Gasteiger partial charge < -0.3 is 9.26 Å². The van der Waals surface area contributed by atoms with Crippen LogP contribution < -0.4 is 4.43 Å². The lowest BCUT2D eigenvalue weighted by Gasteiger charge is -2.48. The second-order valence-electron chi connectivity index (χ2n) is 9.38. The highest BCUT2D eigenvalue weighted by atomic mass is 28.4. The van der Waals surface area contributed by atoms with Gasteiger partial charge in [0.05, 0.1) is 5.71 Å². The van der Waals surface area contributed by atoms with Crippen molar-refractivity contribution >= 4 is 14.0 Å². The van der Waals surface area contributed by atoms with Crippen LogP contribution in [0, 0.1) is 17.3 Å². The van der Waals surface area contributed by atoms with Crippen molar-refractivity contribution in [2.45, 2.75) is 58.2 Å². The Bertz CT molecular complexity index is 764. The molecular weight excluding hydrogens is 338 g/mol. The van der Waals surface area contributed by atoms with Crippen LogP contribution in [-0.2, 0) is 11.3 Å². The number of hydrogen-bond donors (Lipinski definition) is 0. The first-order valence-corrected chi connectivity index (χ1v) is 13.3. The molecule has 0 heterocycles. The quantitative estimate of drug-likeness (QED) is 0.518. The van der Waals surface area contributed by atoms with Crippen LogP contribution in [0.5, 0.6) is 5.75 Å². The van der Waals surface area contributed by atoms with Gasteiger partial charge in [-0.15, -0.1) is 0 Å². The molecule has 0 N–H and O–H groups in total. The molecule has 1 aromatic carbocycles. The Morgan fingerprint density at radius 2 is 2.00 bits per heavy atom. The molecule has 3 aliphatic carbocycles. The van der Waals surface area contributed by atoms with Crippen LogP contribution in [0.25, 0.3) is 0 Å². The van der Waals surface area contributed by atoms with Crippen molar-refractivity contribution < 1.29 is 9.26 Å². The van der Waals surface area contributed by atoms with E-state index in [-0.39, 0.29) is 5.41 Å². The Hall–Kier alpha value is -1.55. The molecule has 4 rings (SSSR count). The minimum absolute atomic E-state index is 0.148. The molecule has 1 saturated carbocycles. The monoisotopic (exact) mass is 369 g/mol. The lowest BCUT2D eigenvalue weighted by atomic mass is 9.55. The number of benzene rings is 1. The van der Waals surface area contributed by atoms with E-state index < -0.39 is 8.32 Å². The average Bonchev–Trinajstić information content (AvgIpc) is 2.90. The summed E-state index contributed by atoms with van der Waals surface area (Å²) in [6.07, 6.45) is 9.46. The Kier molecular flexibility index (Phi) is 4.29. The molecular formula is C22H31NO2Si. The lowest BCUT2D eigenvalue weighted by molar-refractivity contribution is 0.119. The third-order valence-electron chi connectivity index (χ3n) is 6.61. The fraction of sp³-hybridized carbons (Fsp3) is 0.591. The lowest BCUT2D eigenvalue weighted by Crippen LogP contribution is -2.43. The summed E-state index contributed by atoms with van der Waals surface area (Å²) in [5, 5.41) is 4.32. The highest BCUT2D eigenvalue weighted by molar-refractivity contribution is 6.70. The summed E-state index contributed by atoms with van der Waals surface area (Å²) in [6.45, 7) is 9.12. The molecule has 3 aliphatic rings. The van der Waals surface area contributed by atoms with Crippen LogP contribution in [0.15, 0.2) is 35.5 Å². The van der Waals surface area contributed by atoms with E-state index in [0.29, 0.717) is 17.8 Å². The van der Waals surface area contributed by atoms with Gasteiger partial charge in [-0.25, -0.2) is 0 Å². The molecule has 0 spiro atoms. The third-order valence-corrected chi connectivity index (χ3v) is 7.46. The summed E-state index contributed by atoms with van der Waals surface area (Å²) in [5.74, 6) is 3.04. The van der Waals surface area contributed by atoms with Gasteiger partial charge in [0.2, 0.25) is 8.32 Å². The standard InChI is InChI=1S/C22H31NO2Si/c1-22-13-12-18-17-9-7-16(25-26(3,4)5)14-15(17)6-8-19(18)20(22)10-11-21(22)23-24-2/h7,9-11,14,18-20H,6,8,12-13H2,1-5H3/b23-21-/t18-,19-,20-,22+/m1/s1. The van der Waals surface area contributed by atoms with Crippen molar-refractivity contribution in [1.29, 1.82) is 0 Å². The number of allylic oxidation sites excluding steroid dienone is 2. The SMILES string of the molecule is CO/N=C1/C=C[C@@H]2[C@@H]3CCc4cc(O[Si](C)(C)C)ccc4[C@H]3CC[C@]12C. The Balaban J connectivity index is 1.61. The van der Waals surface area contributed by atoms with Gasteiger partial charge in [-0.2, -0.15) is 0 Å². The highest BCUT2D eigenvalue weighted by Gasteiger charge is 2.51. The van der Waals surface area contributed by atoms with Crippen molar-refractivity contribution in [3.05, 3.63) is 41.5 Å². The summed E-state index contributed by atoms with van der Waals surface area (Å²) in [6, 6.07) is 6.88. The second kappa shape index (κ2) is 6.26. The largest absolute Gasteiger partial charge is 0.544 e. The number of aryl methyl sites for hydroxylation is 1. The van der Waals surface area contributed by atoms with Gasteiger partial charge in [0.15, 0.2) is 0 Å². The fourth-order valence-corrected chi connectivity index (χ4v) is 6.33. The van der Waals surface area contributed by atoms with Crippen molar-refractivity contribution in [3.63, 3.8) is 0 Å². The van der Waals surface area contributed by atoms with Crippen LogP contribution in [0.1, 0.15) is 43.2 Å². The number of nitrogens with zero attached hydrogens (tertiary/aromatic N) is 1. The summed E-state index contributed by atoms with van der Waals surface area (Å²) in [4.78, 5) is 5.11. The van der Waals surface area contributed by atoms with E-state index in [1.165, 1.54) is 24.8 Å². The van der Waals surface area contributed by atoms with Crippen LogP contribution >= 0.6 is 0 Å². The number of hydrogen-bond acceptors (Lipinski definition) is 3. The number of rotatable bonds is 3. The zero-order valence-corrected chi connectivity index (χ0v) is 17.7. The van der Waals surface area contributed by atoms with Gasteiger partial charge in [-0.1, -0.05) is 24.2 Å². The van der Waals surface area contributed by atoms with Crippen LogP contribution in [0.3, 0.4) is 0 Å². The molecule has 4 heteroatoms. The first kappa shape index (κ1) is 17.8. The molecule has 0 amide bonds. The van der Waals surface area contributed by atoms with Gasteiger partial charge in [-0.3, -0.25) is 0 Å². The topological polar surface area (TPSA) is 30.8 Å². The molecule has 4 atom stereocenters. The van der Waals surface area contributed by atoms with E-state index in [1.807, 2.05) is 0 Å². The van der Waals surface area contributed by atoms with E-state index in [0.717, 1.165) is 17.9 Å². The first-order chi connectivity index (χ1) is 12.3. The minimum Gasteiger partial charge on any atom is -0.544 e. The van der Waals surface area contributed by atoms with E-state index in [9.17, 15) is 0 Å². The summed E-state index contributed by atoms with van der Waals surface area (Å²) in [7, 11) is 0.0977. The van der Waals surface area contributed by atoms with E-state index in [4.69, 9.17) is 9.26 Å². The van der Waals surface area contributed by atoms with Crippen LogP contribution in [-0.4, -0.2) is 21.1 Å². The van der Waals surface area contributed by atoms with E-state index in [2.05, 4.69) is 62.1 Å². The molecule has 3 nitrogen and oxygen atoms in total. The van der Waals surface area contributed by atoms with Gasteiger partial charge in [0, 0.05) is 5.41 Å². The normalized spacial score (nSPS) is 34.2. The maximum Gasteiger partial charge on any atom is 0.242 e. The minimum atomic E-state index is -1.56. The molecule has 0 aromatic heterocycles. The number of oxime groups is 1. The first-order valence-electron chi connectivity index (χ1n) is 9.93. The van der Waals surface area contributed by atoms with Crippen molar-refractivity contribution in [3.8, 4) is 5.75 Å². The van der Waals surface area contributed by atoms with E-state index >= 15 is 0 Å². The van der Waals surface area contributed by atoms with Crippen molar-refractivity contribution in [2.75, 3.05) is 7.11 Å². The zero-order valence-electron chi connectivity index (χ0n) is 16.7. The van der Waals surface area contributed by atoms with Crippen LogP contribution in [0.2, 0.25) is 19.6 Å². The smallest absolute Gasteiger partial charge is 0.242 e. The average molecular weight is 370 g/mol. The van der Waals surface area contributed by atoms with Crippen LogP contribution in [0.4, 0.5) is 0 Å². The van der Waals surface area contributed by atoms with Gasteiger partial charge in [-0.05, 0) is 92.4 Å². The predicted octanol–water partition coefficient (Wildman–Crippen LogP) is 5.53. The Morgan fingerprint density at radius 3 is 2.73 bits per heavy atom. The molecule has 1 fully saturated rings. The molecule has 0 saturated heterocycles. The summed E-state index contributed by atoms with van der Waals surface area (Å²) < 4.78 is 6.23. The second-order valence-corrected chi connectivity index (χ2v) is 13.8. The highest BCUT2D eigenvalue weighted by Crippen LogP contribution is 2.58. The number of fused-ring (bicyclic) bond motifs is 5. The molecule has 140 valence electrons. The molecule has 0 aliphatic heterocycles. The fourth-order valence-electron chi connectivity index (χ4n) is 5.50.